The van der Waals surface area contributed by atoms with Crippen molar-refractivity contribution in [2.75, 3.05) is 32.7 Å². The van der Waals surface area contributed by atoms with Crippen molar-refractivity contribution in [2.45, 2.75) is 77.4 Å². The summed E-state index contributed by atoms with van der Waals surface area (Å²) in [5, 5.41) is 3.81. The van der Waals surface area contributed by atoms with E-state index in [4.69, 9.17) is 0 Å². The van der Waals surface area contributed by atoms with Gasteiger partial charge in [0.2, 0.25) is 0 Å². The van der Waals surface area contributed by atoms with E-state index in [2.05, 4.69) is 35.9 Å². The molecule has 0 aromatic rings. The van der Waals surface area contributed by atoms with Crippen molar-refractivity contribution < 1.29 is 0 Å². The summed E-state index contributed by atoms with van der Waals surface area (Å²) in [6, 6.07) is 2.38. The fraction of sp³-hybridized carbons (Fsp3) is 1.00. The Balaban J connectivity index is 1.84. The second kappa shape index (κ2) is 8.35. The number of nitrogens with one attached hydrogen (secondary N) is 1. The van der Waals surface area contributed by atoms with Gasteiger partial charge in [0.25, 0.3) is 0 Å². The molecule has 0 amide bonds. The molecule has 2 unspecified atom stereocenters. The van der Waals surface area contributed by atoms with Gasteiger partial charge in [-0.2, -0.15) is 0 Å². The maximum absolute atomic E-state index is 3.81. The van der Waals surface area contributed by atoms with E-state index in [9.17, 15) is 0 Å². The maximum atomic E-state index is 3.81. The minimum Gasteiger partial charge on any atom is -0.312 e. The first-order chi connectivity index (χ1) is 9.80. The Morgan fingerprint density at radius 3 is 2.20 bits per heavy atom. The standard InChI is InChI=1S/C17H35N3/c1-4-7-16(18-10-5-2)17(6-3)20-13-11-19(12-14-20)15-8-9-15/h15-18H,4-14H2,1-3H3. The highest BCUT2D eigenvalue weighted by Crippen LogP contribution is 2.28. The van der Waals surface area contributed by atoms with Crippen LogP contribution in [0.3, 0.4) is 0 Å². The molecular weight excluding hydrogens is 246 g/mol. The van der Waals surface area contributed by atoms with Crippen LogP contribution in [-0.4, -0.2) is 60.6 Å². The number of rotatable bonds is 9. The lowest BCUT2D eigenvalue weighted by atomic mass is 9.98. The monoisotopic (exact) mass is 281 g/mol. The largest absolute Gasteiger partial charge is 0.312 e. The van der Waals surface area contributed by atoms with Crippen LogP contribution in [0.15, 0.2) is 0 Å². The molecule has 1 heterocycles. The summed E-state index contributed by atoms with van der Waals surface area (Å²) < 4.78 is 0. The van der Waals surface area contributed by atoms with Crippen molar-refractivity contribution in [1.29, 1.82) is 0 Å². The lowest BCUT2D eigenvalue weighted by molar-refractivity contribution is 0.0705. The second-order valence-corrected chi connectivity index (χ2v) is 6.63. The van der Waals surface area contributed by atoms with Crippen molar-refractivity contribution in [3.05, 3.63) is 0 Å². The first-order valence-corrected chi connectivity index (χ1v) is 9.01. The van der Waals surface area contributed by atoms with Crippen molar-refractivity contribution in [2.24, 2.45) is 0 Å². The van der Waals surface area contributed by atoms with Crippen LogP contribution in [0.4, 0.5) is 0 Å². The van der Waals surface area contributed by atoms with E-state index < -0.39 is 0 Å². The van der Waals surface area contributed by atoms with Crippen LogP contribution in [0.5, 0.6) is 0 Å². The summed E-state index contributed by atoms with van der Waals surface area (Å²) in [5.41, 5.74) is 0. The molecule has 2 rings (SSSR count). The third-order valence-electron chi connectivity index (χ3n) is 5.02. The minimum atomic E-state index is 0.692. The molecule has 1 saturated carbocycles. The van der Waals surface area contributed by atoms with Gasteiger partial charge >= 0.3 is 0 Å². The van der Waals surface area contributed by atoms with Gasteiger partial charge in [-0.3, -0.25) is 9.80 Å². The molecule has 2 fully saturated rings. The topological polar surface area (TPSA) is 18.5 Å². The number of piperazine rings is 1. The van der Waals surface area contributed by atoms with Gasteiger partial charge in [0.15, 0.2) is 0 Å². The van der Waals surface area contributed by atoms with Gasteiger partial charge in [-0.1, -0.05) is 27.2 Å². The quantitative estimate of drug-likeness (QED) is 0.701. The zero-order chi connectivity index (χ0) is 14.4. The Bertz CT molecular complexity index is 257. The average Bonchev–Trinajstić information content (AvgIpc) is 3.31. The maximum Gasteiger partial charge on any atom is 0.0247 e. The van der Waals surface area contributed by atoms with E-state index >= 15 is 0 Å². The van der Waals surface area contributed by atoms with Gasteiger partial charge in [0.1, 0.15) is 0 Å². The highest BCUT2D eigenvalue weighted by Gasteiger charge is 2.34. The Labute approximate surface area is 126 Å². The first kappa shape index (κ1) is 16.3. The number of hydrogen-bond acceptors (Lipinski definition) is 3. The Kier molecular flexibility index (Phi) is 6.79. The smallest absolute Gasteiger partial charge is 0.0247 e. The zero-order valence-corrected chi connectivity index (χ0v) is 13.9. The van der Waals surface area contributed by atoms with Crippen LogP contribution in [0.1, 0.15) is 59.3 Å². The Hall–Kier alpha value is -0.120. The molecule has 1 aliphatic heterocycles. The van der Waals surface area contributed by atoms with Gasteiger partial charge in [-0.25, -0.2) is 0 Å². The van der Waals surface area contributed by atoms with E-state index in [1.807, 2.05) is 0 Å². The minimum absolute atomic E-state index is 0.692. The van der Waals surface area contributed by atoms with E-state index in [1.54, 1.807) is 0 Å². The second-order valence-electron chi connectivity index (χ2n) is 6.63. The van der Waals surface area contributed by atoms with Crippen LogP contribution in [0.2, 0.25) is 0 Å². The van der Waals surface area contributed by atoms with Crippen molar-refractivity contribution >= 4 is 0 Å². The molecule has 2 aliphatic rings. The highest BCUT2D eigenvalue weighted by atomic mass is 15.3. The highest BCUT2D eigenvalue weighted by molar-refractivity contribution is 4.91. The summed E-state index contributed by atoms with van der Waals surface area (Å²) in [7, 11) is 0. The van der Waals surface area contributed by atoms with E-state index in [0.717, 1.165) is 12.1 Å². The SMILES string of the molecule is CCCNC(CCC)C(CC)N1CCN(C2CC2)CC1. The molecule has 0 bridgehead atoms. The Morgan fingerprint density at radius 1 is 1.00 bits per heavy atom. The normalized spacial score (nSPS) is 24.8. The molecule has 3 heteroatoms. The molecule has 3 nitrogen and oxygen atoms in total. The molecule has 0 aromatic heterocycles. The van der Waals surface area contributed by atoms with Crippen molar-refractivity contribution in [1.82, 2.24) is 15.1 Å². The molecule has 0 spiro atoms. The predicted octanol–water partition coefficient (Wildman–Crippen LogP) is 2.71. The molecular formula is C17H35N3. The molecule has 1 N–H and O–H groups in total. The number of nitrogens with zero attached hydrogens (tertiary/aromatic N) is 2. The summed E-state index contributed by atoms with van der Waals surface area (Å²) in [6.45, 7) is 13.3. The predicted molar refractivity (Wildman–Crippen MR) is 87.2 cm³/mol. The summed E-state index contributed by atoms with van der Waals surface area (Å²) >= 11 is 0. The molecule has 20 heavy (non-hydrogen) atoms. The van der Waals surface area contributed by atoms with Gasteiger partial charge in [0, 0.05) is 44.3 Å². The first-order valence-electron chi connectivity index (χ1n) is 9.01. The summed E-state index contributed by atoms with van der Waals surface area (Å²) in [6.07, 6.45) is 8.04. The fourth-order valence-electron chi connectivity index (χ4n) is 3.74. The van der Waals surface area contributed by atoms with E-state index in [-0.39, 0.29) is 0 Å². The van der Waals surface area contributed by atoms with Gasteiger partial charge in [-0.15, -0.1) is 0 Å². The lowest BCUT2D eigenvalue weighted by Crippen LogP contribution is -2.56. The van der Waals surface area contributed by atoms with Crippen LogP contribution in [0.25, 0.3) is 0 Å². The molecule has 1 saturated heterocycles. The van der Waals surface area contributed by atoms with Crippen LogP contribution < -0.4 is 5.32 Å². The van der Waals surface area contributed by atoms with Crippen LogP contribution >= 0.6 is 0 Å². The van der Waals surface area contributed by atoms with Crippen LogP contribution in [0, 0.1) is 0 Å². The molecule has 0 aromatic carbocycles. The van der Waals surface area contributed by atoms with Crippen molar-refractivity contribution in [3.63, 3.8) is 0 Å². The molecule has 2 atom stereocenters. The molecule has 1 aliphatic carbocycles. The van der Waals surface area contributed by atoms with E-state index in [1.165, 1.54) is 71.2 Å². The fourth-order valence-corrected chi connectivity index (χ4v) is 3.74. The molecule has 118 valence electrons. The average molecular weight is 281 g/mol. The molecule has 0 radical (unpaired) electrons. The van der Waals surface area contributed by atoms with E-state index in [0.29, 0.717) is 6.04 Å². The third-order valence-corrected chi connectivity index (χ3v) is 5.02. The van der Waals surface area contributed by atoms with Crippen LogP contribution in [-0.2, 0) is 0 Å². The zero-order valence-electron chi connectivity index (χ0n) is 13.9. The lowest BCUT2D eigenvalue weighted by Gasteiger charge is -2.42. The number of hydrogen-bond donors (Lipinski definition) is 1. The third kappa shape index (κ3) is 4.44. The summed E-state index contributed by atoms with van der Waals surface area (Å²) in [4.78, 5) is 5.49. The Morgan fingerprint density at radius 2 is 1.70 bits per heavy atom. The van der Waals surface area contributed by atoms with Crippen molar-refractivity contribution in [3.8, 4) is 0 Å². The van der Waals surface area contributed by atoms with Gasteiger partial charge in [0.05, 0.1) is 0 Å². The van der Waals surface area contributed by atoms with Gasteiger partial charge < -0.3 is 5.32 Å². The van der Waals surface area contributed by atoms with Gasteiger partial charge in [-0.05, 0) is 38.6 Å². The summed E-state index contributed by atoms with van der Waals surface area (Å²) in [5.74, 6) is 0.